The second-order valence-corrected chi connectivity index (χ2v) is 8.48. The van der Waals surface area contributed by atoms with E-state index >= 15 is 0 Å². The Hall–Kier alpha value is -4.05. The highest BCUT2D eigenvalue weighted by Crippen LogP contribution is 2.31. The number of pyridine rings is 1. The number of hydrogen-bond donors (Lipinski definition) is 2. The van der Waals surface area contributed by atoms with Crippen LogP contribution in [0.25, 0.3) is 0 Å². The lowest BCUT2D eigenvalue weighted by Crippen LogP contribution is -2.50. The summed E-state index contributed by atoms with van der Waals surface area (Å²) in [5, 5.41) is 13.0. The standard InChI is InChI=1S/C25H21F2N3O5/c26-16-7-6-15(19(27)9-16)10-28-24(33)18-11-29-12-20-30(25(34)21(29)23(32)22(18)31)17(13-35-20)8-14-4-2-1-3-5-14/h1-7,9,11,17,20,32H,8,10,12-13H2,(H,28,33)/t17-,20?/m0/s1. The Morgan fingerprint density at radius 2 is 1.91 bits per heavy atom. The molecule has 180 valence electrons. The van der Waals surface area contributed by atoms with Crippen molar-refractivity contribution >= 4 is 11.8 Å². The highest BCUT2D eigenvalue weighted by molar-refractivity contribution is 5.99. The zero-order valence-electron chi connectivity index (χ0n) is 18.4. The van der Waals surface area contributed by atoms with Gasteiger partial charge in [0.25, 0.3) is 11.8 Å². The van der Waals surface area contributed by atoms with Crippen LogP contribution in [0.1, 0.15) is 32.0 Å². The largest absolute Gasteiger partial charge is 0.503 e. The van der Waals surface area contributed by atoms with Crippen LogP contribution in [0, 0.1) is 11.6 Å². The van der Waals surface area contributed by atoms with Gasteiger partial charge in [-0.15, -0.1) is 0 Å². The van der Waals surface area contributed by atoms with Crippen LogP contribution in [0.4, 0.5) is 8.78 Å². The number of carbonyl (C=O) groups excluding carboxylic acids is 2. The Bertz CT molecular complexity index is 1380. The number of ether oxygens (including phenoxy) is 1. The summed E-state index contributed by atoms with van der Waals surface area (Å²) < 4.78 is 34.1. The van der Waals surface area contributed by atoms with Gasteiger partial charge in [0.05, 0.1) is 19.2 Å². The number of amides is 2. The van der Waals surface area contributed by atoms with Gasteiger partial charge in [0, 0.05) is 24.4 Å². The summed E-state index contributed by atoms with van der Waals surface area (Å²) in [7, 11) is 0. The number of halogens is 2. The summed E-state index contributed by atoms with van der Waals surface area (Å²) in [6, 6.07) is 12.2. The lowest BCUT2D eigenvalue weighted by atomic mass is 10.0. The van der Waals surface area contributed by atoms with Crippen LogP contribution < -0.4 is 10.7 Å². The Morgan fingerprint density at radius 3 is 2.66 bits per heavy atom. The monoisotopic (exact) mass is 481 g/mol. The number of rotatable bonds is 5. The molecule has 1 aromatic heterocycles. The predicted molar refractivity (Wildman–Crippen MR) is 120 cm³/mol. The molecule has 3 aromatic rings. The minimum absolute atomic E-state index is 0.0247. The number of nitrogens with zero attached hydrogens (tertiary/aromatic N) is 2. The van der Waals surface area contributed by atoms with Crippen LogP contribution in [-0.4, -0.2) is 45.3 Å². The van der Waals surface area contributed by atoms with Crippen LogP contribution in [0.2, 0.25) is 0 Å². The van der Waals surface area contributed by atoms with Gasteiger partial charge in [-0.25, -0.2) is 8.78 Å². The van der Waals surface area contributed by atoms with Crippen molar-refractivity contribution in [2.45, 2.75) is 31.8 Å². The van der Waals surface area contributed by atoms with Gasteiger partial charge in [-0.1, -0.05) is 36.4 Å². The fraction of sp³-hybridized carbons (Fsp3) is 0.240. The third-order valence-corrected chi connectivity index (χ3v) is 6.24. The van der Waals surface area contributed by atoms with E-state index in [9.17, 15) is 28.3 Å². The molecule has 0 radical (unpaired) electrons. The van der Waals surface area contributed by atoms with Crippen molar-refractivity contribution in [3.8, 4) is 5.75 Å². The van der Waals surface area contributed by atoms with Crippen molar-refractivity contribution in [3.05, 3.63) is 99.0 Å². The maximum atomic E-state index is 13.9. The number of hydrogen-bond acceptors (Lipinski definition) is 5. The summed E-state index contributed by atoms with van der Waals surface area (Å²) in [5.74, 6) is -3.86. The summed E-state index contributed by atoms with van der Waals surface area (Å²) in [4.78, 5) is 40.2. The predicted octanol–water partition coefficient (Wildman–Crippen LogP) is 2.19. The topological polar surface area (TPSA) is 101 Å². The number of aromatic hydroxyl groups is 1. The summed E-state index contributed by atoms with van der Waals surface area (Å²) in [5.41, 5.74) is -0.590. The quantitative estimate of drug-likeness (QED) is 0.582. The third kappa shape index (κ3) is 4.17. The fourth-order valence-corrected chi connectivity index (χ4v) is 4.50. The molecule has 0 bridgehead atoms. The number of nitrogens with one attached hydrogen (secondary N) is 1. The van der Waals surface area contributed by atoms with E-state index < -0.39 is 46.4 Å². The molecule has 0 spiro atoms. The van der Waals surface area contributed by atoms with Crippen molar-refractivity contribution in [1.29, 1.82) is 0 Å². The average molecular weight is 481 g/mol. The average Bonchev–Trinajstić information content (AvgIpc) is 3.23. The van der Waals surface area contributed by atoms with E-state index in [0.717, 1.165) is 11.6 Å². The molecular formula is C25H21F2N3O5. The maximum absolute atomic E-state index is 13.9. The molecule has 0 aliphatic carbocycles. The number of benzene rings is 2. The molecule has 1 saturated heterocycles. The Kier molecular flexibility index (Phi) is 5.81. The Balaban J connectivity index is 1.39. The summed E-state index contributed by atoms with van der Waals surface area (Å²) in [6.07, 6.45) is 1.13. The van der Waals surface area contributed by atoms with Crippen LogP contribution in [0.15, 0.2) is 59.5 Å². The molecule has 2 N–H and O–H groups in total. The van der Waals surface area contributed by atoms with Gasteiger partial charge >= 0.3 is 0 Å². The SMILES string of the molecule is O=C(NCc1ccc(F)cc1F)c1cn2c(c(O)c1=O)C(=O)N1C(C2)OC[C@@H]1Cc1ccccc1. The molecule has 1 unspecified atom stereocenters. The second kappa shape index (κ2) is 8.95. The van der Waals surface area contributed by atoms with E-state index in [1.54, 1.807) is 0 Å². The van der Waals surface area contributed by atoms with Crippen molar-refractivity contribution in [1.82, 2.24) is 14.8 Å². The first-order valence-electron chi connectivity index (χ1n) is 11.0. The van der Waals surface area contributed by atoms with Gasteiger partial charge in [0.15, 0.2) is 17.7 Å². The first-order chi connectivity index (χ1) is 16.8. The molecule has 8 nitrogen and oxygen atoms in total. The molecule has 2 aliphatic rings. The van der Waals surface area contributed by atoms with Gasteiger partial charge in [0.2, 0.25) is 5.43 Å². The summed E-state index contributed by atoms with van der Waals surface area (Å²) in [6.45, 7) is 0.112. The fourth-order valence-electron chi connectivity index (χ4n) is 4.50. The van der Waals surface area contributed by atoms with E-state index in [2.05, 4.69) is 5.32 Å². The van der Waals surface area contributed by atoms with Gasteiger partial charge in [-0.2, -0.15) is 0 Å². The van der Waals surface area contributed by atoms with E-state index in [1.807, 2.05) is 30.3 Å². The molecule has 35 heavy (non-hydrogen) atoms. The molecular weight excluding hydrogens is 460 g/mol. The lowest BCUT2D eigenvalue weighted by molar-refractivity contribution is 0.00575. The lowest BCUT2D eigenvalue weighted by Gasteiger charge is -2.34. The van der Waals surface area contributed by atoms with Crippen LogP contribution in [0.3, 0.4) is 0 Å². The molecule has 0 saturated carbocycles. The molecule has 1 fully saturated rings. The maximum Gasteiger partial charge on any atom is 0.276 e. The van der Waals surface area contributed by atoms with Crippen molar-refractivity contribution in [2.24, 2.45) is 0 Å². The highest BCUT2D eigenvalue weighted by atomic mass is 19.1. The molecule has 2 aliphatic heterocycles. The van der Waals surface area contributed by atoms with E-state index in [1.165, 1.54) is 21.7 Å². The Labute approximate surface area is 198 Å². The minimum atomic E-state index is -1.01. The van der Waals surface area contributed by atoms with Gasteiger partial charge in [-0.05, 0) is 18.1 Å². The zero-order chi connectivity index (χ0) is 24.7. The van der Waals surface area contributed by atoms with Crippen molar-refractivity contribution in [3.63, 3.8) is 0 Å². The highest BCUT2D eigenvalue weighted by Gasteiger charge is 2.44. The summed E-state index contributed by atoms with van der Waals surface area (Å²) >= 11 is 0. The Morgan fingerprint density at radius 1 is 1.14 bits per heavy atom. The molecule has 10 heteroatoms. The van der Waals surface area contributed by atoms with Crippen LogP contribution >= 0.6 is 0 Å². The van der Waals surface area contributed by atoms with Crippen LogP contribution in [-0.2, 0) is 24.2 Å². The van der Waals surface area contributed by atoms with Crippen molar-refractivity contribution in [2.75, 3.05) is 6.61 Å². The van der Waals surface area contributed by atoms with Crippen LogP contribution in [0.5, 0.6) is 5.75 Å². The van der Waals surface area contributed by atoms with Gasteiger partial charge in [-0.3, -0.25) is 14.4 Å². The second-order valence-electron chi connectivity index (χ2n) is 8.48. The number of fused-ring (bicyclic) bond motifs is 2. The van der Waals surface area contributed by atoms with E-state index in [4.69, 9.17) is 4.74 Å². The molecule has 3 heterocycles. The van der Waals surface area contributed by atoms with Gasteiger partial charge in [0.1, 0.15) is 17.2 Å². The molecule has 2 atom stereocenters. The van der Waals surface area contributed by atoms with E-state index in [0.29, 0.717) is 19.1 Å². The third-order valence-electron chi connectivity index (χ3n) is 6.24. The molecule has 5 rings (SSSR count). The van der Waals surface area contributed by atoms with Crippen molar-refractivity contribution < 1.29 is 28.2 Å². The smallest absolute Gasteiger partial charge is 0.276 e. The first-order valence-corrected chi connectivity index (χ1v) is 11.0. The van der Waals surface area contributed by atoms with E-state index in [-0.39, 0.29) is 30.4 Å². The minimum Gasteiger partial charge on any atom is -0.503 e. The normalized spacial score (nSPS) is 18.8. The number of carbonyl (C=O) groups is 2. The molecule has 2 aromatic carbocycles. The molecule has 2 amide bonds. The first kappa shape index (κ1) is 22.7. The zero-order valence-corrected chi connectivity index (χ0v) is 18.4. The number of aromatic nitrogens is 1. The van der Waals surface area contributed by atoms with Gasteiger partial charge < -0.3 is 24.6 Å².